The van der Waals surface area contributed by atoms with E-state index in [0.29, 0.717) is 21.4 Å². The first-order valence-electron chi connectivity index (χ1n) is 6.30. The normalized spacial score (nSPS) is 10.6. The molecule has 0 aliphatic heterocycles. The Morgan fingerprint density at radius 3 is 2.27 bits per heavy atom. The second-order valence-electron chi connectivity index (χ2n) is 4.55. The number of halogens is 2. The van der Waals surface area contributed by atoms with Crippen molar-refractivity contribution in [1.29, 1.82) is 0 Å². The summed E-state index contributed by atoms with van der Waals surface area (Å²) in [5.74, 6) is 0.545. The lowest BCUT2D eigenvalue weighted by molar-refractivity contribution is -0.384. The average molecular weight is 334 g/mol. The number of rotatable bonds is 3. The molecule has 0 saturated heterocycles. The van der Waals surface area contributed by atoms with Gasteiger partial charge in [0.15, 0.2) is 0 Å². The van der Waals surface area contributed by atoms with Crippen molar-refractivity contribution in [3.8, 4) is 22.6 Å². The standard InChI is InChI=1S/C15H9Cl2N3O2/c16-11-2-1-3-12(17)14(11)15-18-8-13(19-15)9-4-6-10(7-5-9)20(21)22/h1-8H,(H,18,19). The number of aromatic nitrogens is 2. The van der Waals surface area contributed by atoms with Crippen LogP contribution in [0.15, 0.2) is 48.7 Å². The minimum absolute atomic E-state index is 0.0395. The zero-order valence-electron chi connectivity index (χ0n) is 11.1. The fourth-order valence-corrected chi connectivity index (χ4v) is 2.66. The fraction of sp³-hybridized carbons (Fsp3) is 0. The molecule has 0 unspecified atom stereocenters. The average Bonchev–Trinajstić information content (AvgIpc) is 2.97. The molecule has 1 N–H and O–H groups in total. The maximum atomic E-state index is 10.7. The lowest BCUT2D eigenvalue weighted by Gasteiger charge is -2.03. The van der Waals surface area contributed by atoms with Crippen molar-refractivity contribution in [1.82, 2.24) is 9.97 Å². The van der Waals surface area contributed by atoms with E-state index in [-0.39, 0.29) is 5.69 Å². The van der Waals surface area contributed by atoms with Crippen LogP contribution in [0.4, 0.5) is 5.69 Å². The van der Waals surface area contributed by atoms with Crippen LogP contribution in [0.2, 0.25) is 10.0 Å². The summed E-state index contributed by atoms with van der Waals surface area (Å²) in [4.78, 5) is 17.6. The Morgan fingerprint density at radius 2 is 1.68 bits per heavy atom. The molecule has 110 valence electrons. The number of non-ortho nitro benzene ring substituents is 1. The Hall–Kier alpha value is -2.37. The smallest absolute Gasteiger partial charge is 0.269 e. The predicted molar refractivity (Wildman–Crippen MR) is 86.1 cm³/mol. The molecular weight excluding hydrogens is 325 g/mol. The summed E-state index contributed by atoms with van der Waals surface area (Å²) in [6.45, 7) is 0. The second-order valence-corrected chi connectivity index (χ2v) is 5.36. The van der Waals surface area contributed by atoms with Gasteiger partial charge >= 0.3 is 0 Å². The zero-order valence-corrected chi connectivity index (χ0v) is 12.6. The van der Waals surface area contributed by atoms with Gasteiger partial charge in [0.05, 0.1) is 32.4 Å². The molecule has 0 radical (unpaired) electrons. The number of imidazole rings is 1. The van der Waals surface area contributed by atoms with Crippen LogP contribution in [0.5, 0.6) is 0 Å². The number of H-pyrrole nitrogens is 1. The van der Waals surface area contributed by atoms with Gasteiger partial charge in [-0.15, -0.1) is 0 Å². The maximum absolute atomic E-state index is 10.7. The van der Waals surface area contributed by atoms with E-state index < -0.39 is 4.92 Å². The molecule has 0 spiro atoms. The summed E-state index contributed by atoms with van der Waals surface area (Å²) in [5, 5.41) is 11.7. The summed E-state index contributed by atoms with van der Waals surface area (Å²) in [5.41, 5.74) is 2.17. The van der Waals surface area contributed by atoms with E-state index in [4.69, 9.17) is 23.2 Å². The molecule has 0 atom stereocenters. The van der Waals surface area contributed by atoms with Crippen LogP contribution < -0.4 is 0 Å². The van der Waals surface area contributed by atoms with Gasteiger partial charge in [0.25, 0.3) is 5.69 Å². The second kappa shape index (κ2) is 5.79. The van der Waals surface area contributed by atoms with Crippen LogP contribution in [0.25, 0.3) is 22.6 Å². The first kappa shape index (κ1) is 14.6. The highest BCUT2D eigenvalue weighted by atomic mass is 35.5. The molecule has 7 heteroatoms. The monoisotopic (exact) mass is 333 g/mol. The van der Waals surface area contributed by atoms with Crippen molar-refractivity contribution in [3.63, 3.8) is 0 Å². The van der Waals surface area contributed by atoms with Gasteiger partial charge in [-0.2, -0.15) is 0 Å². The lowest BCUT2D eigenvalue weighted by atomic mass is 10.1. The van der Waals surface area contributed by atoms with Crippen LogP contribution in [-0.2, 0) is 0 Å². The van der Waals surface area contributed by atoms with Crippen LogP contribution in [0.1, 0.15) is 0 Å². The number of benzene rings is 2. The summed E-state index contributed by atoms with van der Waals surface area (Å²) >= 11 is 12.3. The van der Waals surface area contributed by atoms with E-state index in [2.05, 4.69) is 9.97 Å². The molecule has 0 aliphatic rings. The lowest BCUT2D eigenvalue weighted by Crippen LogP contribution is -1.87. The third-order valence-electron chi connectivity index (χ3n) is 3.16. The molecule has 0 bridgehead atoms. The first-order valence-corrected chi connectivity index (χ1v) is 7.06. The summed E-state index contributed by atoms with van der Waals surface area (Å²) in [7, 11) is 0. The van der Waals surface area contributed by atoms with Crippen LogP contribution in [-0.4, -0.2) is 14.9 Å². The van der Waals surface area contributed by atoms with E-state index >= 15 is 0 Å². The summed E-state index contributed by atoms with van der Waals surface area (Å²) < 4.78 is 0. The third kappa shape index (κ3) is 2.68. The van der Waals surface area contributed by atoms with Crippen molar-refractivity contribution < 1.29 is 4.92 Å². The number of nitro benzene ring substituents is 1. The molecule has 1 heterocycles. The van der Waals surface area contributed by atoms with Crippen LogP contribution in [0.3, 0.4) is 0 Å². The van der Waals surface area contributed by atoms with Gasteiger partial charge < -0.3 is 4.98 Å². The van der Waals surface area contributed by atoms with Crippen LogP contribution >= 0.6 is 23.2 Å². The van der Waals surface area contributed by atoms with Gasteiger partial charge in [-0.3, -0.25) is 10.1 Å². The largest absolute Gasteiger partial charge is 0.338 e. The van der Waals surface area contributed by atoms with Crippen molar-refractivity contribution in [2.24, 2.45) is 0 Å². The highest BCUT2D eigenvalue weighted by Gasteiger charge is 2.13. The molecule has 0 saturated carbocycles. The van der Waals surface area contributed by atoms with E-state index in [9.17, 15) is 10.1 Å². The predicted octanol–water partition coefficient (Wildman–Crippen LogP) is 4.96. The van der Waals surface area contributed by atoms with Gasteiger partial charge in [0, 0.05) is 17.7 Å². The maximum Gasteiger partial charge on any atom is 0.269 e. The molecular formula is C15H9Cl2N3O2. The third-order valence-corrected chi connectivity index (χ3v) is 3.79. The van der Waals surface area contributed by atoms with Crippen molar-refractivity contribution in [2.75, 3.05) is 0 Å². The highest BCUT2D eigenvalue weighted by molar-refractivity contribution is 6.38. The highest BCUT2D eigenvalue weighted by Crippen LogP contribution is 2.33. The Kier molecular flexibility index (Phi) is 3.83. The molecule has 1 aromatic heterocycles. The molecule has 0 amide bonds. The topological polar surface area (TPSA) is 71.8 Å². The van der Waals surface area contributed by atoms with E-state index in [1.54, 1.807) is 36.5 Å². The van der Waals surface area contributed by atoms with Gasteiger partial charge in [0.2, 0.25) is 0 Å². The van der Waals surface area contributed by atoms with Crippen molar-refractivity contribution in [3.05, 3.63) is 68.8 Å². The molecule has 0 aliphatic carbocycles. The summed E-state index contributed by atoms with van der Waals surface area (Å²) in [6.07, 6.45) is 1.64. The van der Waals surface area contributed by atoms with Crippen LogP contribution in [0, 0.1) is 10.1 Å². The van der Waals surface area contributed by atoms with Gasteiger partial charge in [0.1, 0.15) is 5.82 Å². The van der Waals surface area contributed by atoms with E-state index in [0.717, 1.165) is 11.3 Å². The zero-order chi connectivity index (χ0) is 15.7. The number of nitrogens with one attached hydrogen (secondary N) is 1. The Morgan fingerprint density at radius 1 is 1.05 bits per heavy atom. The van der Waals surface area contributed by atoms with Gasteiger partial charge in [-0.1, -0.05) is 29.3 Å². The quantitative estimate of drug-likeness (QED) is 0.543. The van der Waals surface area contributed by atoms with E-state index in [1.165, 1.54) is 12.1 Å². The van der Waals surface area contributed by atoms with Crippen molar-refractivity contribution in [2.45, 2.75) is 0 Å². The first-order chi connectivity index (χ1) is 10.6. The number of nitro groups is 1. The number of aromatic amines is 1. The number of hydrogen-bond donors (Lipinski definition) is 1. The SMILES string of the molecule is O=[N+]([O-])c1ccc(-c2cnc(-c3c(Cl)cccc3Cl)[nH]2)cc1. The van der Waals surface area contributed by atoms with Gasteiger partial charge in [-0.25, -0.2) is 4.98 Å². The fourth-order valence-electron chi connectivity index (χ4n) is 2.08. The van der Waals surface area contributed by atoms with Crippen molar-refractivity contribution >= 4 is 28.9 Å². The minimum atomic E-state index is -0.439. The number of nitrogens with zero attached hydrogens (tertiary/aromatic N) is 2. The number of hydrogen-bond acceptors (Lipinski definition) is 3. The molecule has 3 aromatic rings. The molecule has 0 fully saturated rings. The Bertz CT molecular complexity index is 824. The summed E-state index contributed by atoms with van der Waals surface area (Å²) in [6, 6.07) is 11.4. The molecule has 2 aromatic carbocycles. The molecule has 3 rings (SSSR count). The minimum Gasteiger partial charge on any atom is -0.338 e. The Balaban J connectivity index is 1.99. The van der Waals surface area contributed by atoms with Gasteiger partial charge in [-0.05, 0) is 24.3 Å². The molecule has 5 nitrogen and oxygen atoms in total. The van der Waals surface area contributed by atoms with E-state index in [1.807, 2.05) is 0 Å². The molecule has 22 heavy (non-hydrogen) atoms. The Labute approximate surface area is 135 Å².